The number of nitriles is 1. The van der Waals surface area contributed by atoms with E-state index in [0.717, 1.165) is 19.5 Å². The van der Waals surface area contributed by atoms with E-state index in [2.05, 4.69) is 9.62 Å². The molecule has 0 radical (unpaired) electrons. The topological polar surface area (TPSA) is 82.4 Å². The number of likely N-dealkylation sites (tertiary alicyclic amines) is 1. The van der Waals surface area contributed by atoms with Crippen LogP contribution in [0.4, 0.5) is 5.69 Å². The first kappa shape index (κ1) is 19.8. The molecule has 0 aliphatic carbocycles. The summed E-state index contributed by atoms with van der Waals surface area (Å²) >= 11 is 12.2. The number of nitrogens with zero attached hydrogens (tertiary/aromatic N) is 2. The lowest BCUT2D eigenvalue weighted by Crippen LogP contribution is -2.21. The van der Waals surface area contributed by atoms with Crippen molar-refractivity contribution in [1.82, 2.24) is 4.90 Å². The molecular weight excluding hydrogens is 409 g/mol. The van der Waals surface area contributed by atoms with Crippen LogP contribution in [0.3, 0.4) is 0 Å². The molecule has 1 heterocycles. The van der Waals surface area contributed by atoms with Gasteiger partial charge in [0.1, 0.15) is 16.7 Å². The highest BCUT2D eigenvalue weighted by Gasteiger charge is 2.23. The van der Waals surface area contributed by atoms with Gasteiger partial charge in [0.2, 0.25) is 0 Å². The van der Waals surface area contributed by atoms with E-state index in [-0.39, 0.29) is 21.6 Å². The summed E-state index contributed by atoms with van der Waals surface area (Å²) in [5.41, 5.74) is 0.587. The third kappa shape index (κ3) is 4.66. The van der Waals surface area contributed by atoms with Crippen molar-refractivity contribution in [3.05, 3.63) is 52.0 Å². The van der Waals surface area contributed by atoms with E-state index >= 15 is 0 Å². The zero-order valence-electron chi connectivity index (χ0n) is 14.4. The maximum absolute atomic E-state index is 12.6. The molecule has 1 aliphatic rings. The number of halogens is 2. The lowest BCUT2D eigenvalue weighted by molar-refractivity contribution is 0.208. The molecule has 3 rings (SSSR count). The van der Waals surface area contributed by atoms with Crippen molar-refractivity contribution in [2.45, 2.75) is 17.4 Å². The molecule has 1 fully saturated rings. The first-order chi connectivity index (χ1) is 12.8. The van der Waals surface area contributed by atoms with Gasteiger partial charge in [-0.15, -0.1) is 0 Å². The van der Waals surface area contributed by atoms with Crippen molar-refractivity contribution >= 4 is 38.9 Å². The van der Waals surface area contributed by atoms with Gasteiger partial charge in [0.15, 0.2) is 0 Å². The lowest BCUT2D eigenvalue weighted by atomic mass is 10.2. The van der Waals surface area contributed by atoms with Gasteiger partial charge >= 0.3 is 0 Å². The van der Waals surface area contributed by atoms with Crippen LogP contribution in [0.25, 0.3) is 0 Å². The molecular formula is C18H17Cl2N3O3S. The van der Waals surface area contributed by atoms with E-state index in [1.165, 1.54) is 18.2 Å². The highest BCUT2D eigenvalue weighted by Crippen LogP contribution is 2.32. The molecule has 0 saturated carbocycles. The Morgan fingerprint density at radius 1 is 1.22 bits per heavy atom. The minimum Gasteiger partial charge on any atom is -0.487 e. The van der Waals surface area contributed by atoms with Gasteiger partial charge in [0, 0.05) is 19.2 Å². The second-order valence-corrected chi connectivity index (χ2v) is 8.76. The molecule has 1 saturated heterocycles. The van der Waals surface area contributed by atoms with Gasteiger partial charge in [-0.1, -0.05) is 23.2 Å². The predicted molar refractivity (Wildman–Crippen MR) is 105 cm³/mol. The molecule has 27 heavy (non-hydrogen) atoms. The Hall–Kier alpha value is -1.98. The Bertz CT molecular complexity index is 1010. The maximum Gasteiger partial charge on any atom is 0.263 e. The van der Waals surface area contributed by atoms with Crippen LogP contribution in [-0.4, -0.2) is 39.6 Å². The number of nitrogens with one attached hydrogen (secondary N) is 1. The first-order valence-electron chi connectivity index (χ1n) is 8.16. The fourth-order valence-corrected chi connectivity index (χ4v) is 4.58. The first-order valence-corrected chi connectivity index (χ1v) is 10.4. The number of rotatable bonds is 5. The van der Waals surface area contributed by atoms with Crippen LogP contribution in [0, 0.1) is 11.3 Å². The Kier molecular flexibility index (Phi) is 5.82. The molecule has 0 bridgehead atoms. The summed E-state index contributed by atoms with van der Waals surface area (Å²) in [6.07, 6.45) is 0.885. The third-order valence-electron chi connectivity index (χ3n) is 4.18. The second-order valence-electron chi connectivity index (χ2n) is 6.30. The summed E-state index contributed by atoms with van der Waals surface area (Å²) in [5, 5.41) is 9.26. The molecule has 2 aromatic carbocycles. The highest BCUT2D eigenvalue weighted by atomic mass is 35.5. The summed E-state index contributed by atoms with van der Waals surface area (Å²) in [4.78, 5) is 2.04. The van der Waals surface area contributed by atoms with E-state index in [1.54, 1.807) is 18.2 Å². The number of anilines is 1. The molecule has 0 unspecified atom stereocenters. The Labute approximate surface area is 168 Å². The minimum absolute atomic E-state index is 0.00678. The monoisotopic (exact) mass is 425 g/mol. The highest BCUT2D eigenvalue weighted by molar-refractivity contribution is 7.92. The fourth-order valence-electron chi connectivity index (χ4n) is 2.83. The van der Waals surface area contributed by atoms with Crippen molar-refractivity contribution in [1.29, 1.82) is 5.26 Å². The van der Waals surface area contributed by atoms with Crippen LogP contribution >= 0.6 is 23.2 Å². The number of likely N-dealkylation sites (N-methyl/N-ethyl adjacent to an activating group) is 1. The van der Waals surface area contributed by atoms with E-state index < -0.39 is 10.0 Å². The summed E-state index contributed by atoms with van der Waals surface area (Å²) in [5.74, 6) is 0.420. The zero-order valence-corrected chi connectivity index (χ0v) is 16.8. The van der Waals surface area contributed by atoms with E-state index in [1.807, 2.05) is 13.1 Å². The average molecular weight is 426 g/mol. The SMILES string of the molecule is CN1CC[C@H](Oc2cc(NS(=O)(=O)c3ccc(C#N)cc3Cl)ccc2Cl)C1. The largest absolute Gasteiger partial charge is 0.487 e. The number of ether oxygens (including phenoxy) is 1. The average Bonchev–Trinajstić information content (AvgIpc) is 3.02. The van der Waals surface area contributed by atoms with Crippen molar-refractivity contribution < 1.29 is 13.2 Å². The second kappa shape index (κ2) is 7.95. The van der Waals surface area contributed by atoms with Crippen LogP contribution in [-0.2, 0) is 10.0 Å². The molecule has 2 aromatic rings. The maximum atomic E-state index is 12.6. The third-order valence-corrected chi connectivity index (χ3v) is 6.35. The molecule has 0 aromatic heterocycles. The Morgan fingerprint density at radius 3 is 2.63 bits per heavy atom. The summed E-state index contributed by atoms with van der Waals surface area (Å²) in [7, 11) is -1.92. The molecule has 0 amide bonds. The van der Waals surface area contributed by atoms with E-state index in [9.17, 15) is 8.42 Å². The van der Waals surface area contributed by atoms with Gasteiger partial charge in [0.05, 0.1) is 27.4 Å². The van der Waals surface area contributed by atoms with Gasteiger partial charge in [0.25, 0.3) is 10.0 Å². The van der Waals surface area contributed by atoms with Crippen molar-refractivity contribution in [2.24, 2.45) is 0 Å². The molecule has 0 spiro atoms. The van der Waals surface area contributed by atoms with Crippen molar-refractivity contribution in [3.8, 4) is 11.8 Å². The predicted octanol–water partition coefficient (Wildman–Crippen LogP) is 3.75. The van der Waals surface area contributed by atoms with E-state index in [0.29, 0.717) is 16.5 Å². The standard InChI is InChI=1S/C18H17Cl2N3O3S/c1-23-7-6-14(11-23)26-17-9-13(3-4-15(17)19)22-27(24,25)18-5-2-12(10-21)8-16(18)20/h2-5,8-9,14,22H,6-7,11H2,1H3/t14-/m0/s1. The molecule has 1 N–H and O–H groups in total. The molecule has 6 nitrogen and oxygen atoms in total. The van der Waals surface area contributed by atoms with Crippen LogP contribution in [0.15, 0.2) is 41.3 Å². The van der Waals surface area contributed by atoms with Gasteiger partial charge in [-0.3, -0.25) is 4.72 Å². The normalized spacial score (nSPS) is 17.5. The quantitative estimate of drug-likeness (QED) is 0.788. The number of hydrogen-bond acceptors (Lipinski definition) is 5. The van der Waals surface area contributed by atoms with Gasteiger partial charge in [-0.05, 0) is 43.8 Å². The van der Waals surface area contributed by atoms with Crippen LogP contribution in [0.5, 0.6) is 5.75 Å². The molecule has 9 heteroatoms. The lowest BCUT2D eigenvalue weighted by Gasteiger charge is -2.16. The summed E-state index contributed by atoms with van der Waals surface area (Å²) in [6.45, 7) is 1.72. The summed E-state index contributed by atoms with van der Waals surface area (Å²) < 4.78 is 33.7. The zero-order chi connectivity index (χ0) is 19.6. The summed E-state index contributed by atoms with van der Waals surface area (Å²) in [6, 6.07) is 10.6. The Balaban J connectivity index is 1.82. The van der Waals surface area contributed by atoms with Gasteiger partial charge < -0.3 is 9.64 Å². The molecule has 1 aliphatic heterocycles. The van der Waals surface area contributed by atoms with Gasteiger partial charge in [-0.2, -0.15) is 5.26 Å². The van der Waals surface area contributed by atoms with E-state index in [4.69, 9.17) is 33.2 Å². The minimum atomic E-state index is -3.93. The number of sulfonamides is 1. The van der Waals surface area contributed by atoms with Crippen molar-refractivity contribution in [2.75, 3.05) is 24.9 Å². The van der Waals surface area contributed by atoms with Crippen molar-refractivity contribution in [3.63, 3.8) is 0 Å². The fraction of sp³-hybridized carbons (Fsp3) is 0.278. The van der Waals surface area contributed by atoms with Crippen LogP contribution < -0.4 is 9.46 Å². The molecule has 1 atom stereocenters. The number of benzene rings is 2. The molecule has 142 valence electrons. The smallest absolute Gasteiger partial charge is 0.263 e. The number of hydrogen-bond donors (Lipinski definition) is 1. The Morgan fingerprint density at radius 2 is 2.00 bits per heavy atom. The van der Waals surface area contributed by atoms with Gasteiger partial charge in [-0.25, -0.2) is 8.42 Å². The van der Waals surface area contributed by atoms with Crippen LogP contribution in [0.1, 0.15) is 12.0 Å². The van der Waals surface area contributed by atoms with Crippen LogP contribution in [0.2, 0.25) is 10.0 Å².